The minimum absolute atomic E-state index is 0.155. The highest BCUT2D eigenvalue weighted by atomic mass is 32.2. The molecule has 1 N–H and O–H groups in total. The third-order valence-corrected chi connectivity index (χ3v) is 6.88. The summed E-state index contributed by atoms with van der Waals surface area (Å²) in [5.74, 6) is -1.05. The summed E-state index contributed by atoms with van der Waals surface area (Å²) in [6.07, 6.45) is 1.96. The van der Waals surface area contributed by atoms with Crippen molar-refractivity contribution in [1.29, 1.82) is 0 Å². The molecule has 0 spiro atoms. The first-order valence-electron chi connectivity index (χ1n) is 12.4. The van der Waals surface area contributed by atoms with Crippen molar-refractivity contribution in [2.75, 3.05) is 6.54 Å². The average Bonchev–Trinajstić information content (AvgIpc) is 3.34. The molecule has 7 nitrogen and oxygen atoms in total. The number of furan rings is 1. The third-order valence-electron chi connectivity index (χ3n) is 6.44. The van der Waals surface area contributed by atoms with Crippen molar-refractivity contribution in [2.24, 2.45) is 7.05 Å². The Kier molecular flexibility index (Phi) is 7.66. The van der Waals surface area contributed by atoms with Crippen LogP contribution in [0.25, 0.3) is 33.4 Å². The maximum atomic E-state index is 14.5. The Bertz CT molecular complexity index is 1810. The molecule has 0 bridgehead atoms. The minimum atomic E-state index is -2.41. The van der Waals surface area contributed by atoms with E-state index in [1.165, 1.54) is 10.6 Å². The summed E-state index contributed by atoms with van der Waals surface area (Å²) in [5, 5.41) is 0.349. The number of hydrogen-bond donors (Lipinski definition) is 1. The Morgan fingerprint density at radius 3 is 2.40 bits per heavy atom. The van der Waals surface area contributed by atoms with Gasteiger partial charge in [-0.25, -0.2) is 13.5 Å². The van der Waals surface area contributed by atoms with Crippen molar-refractivity contribution in [3.63, 3.8) is 0 Å². The fraction of sp³-hybridized carbons (Fsp3) is 0.167. The molecule has 3 aromatic carbocycles. The lowest BCUT2D eigenvalue weighted by Crippen LogP contribution is -2.19. The van der Waals surface area contributed by atoms with Crippen LogP contribution in [0, 0.1) is 25.5 Å². The smallest absolute Gasteiger partial charge is 0.261 e. The van der Waals surface area contributed by atoms with Crippen LogP contribution in [0.4, 0.5) is 8.78 Å². The van der Waals surface area contributed by atoms with Gasteiger partial charge in [0.2, 0.25) is 0 Å². The van der Waals surface area contributed by atoms with E-state index in [4.69, 9.17) is 9.15 Å². The molecular formula is C30H25F2N2O5S-. The first-order valence-corrected chi connectivity index (χ1v) is 13.5. The molecule has 0 radical (unpaired) electrons. The second-order valence-corrected chi connectivity index (χ2v) is 10.3. The van der Waals surface area contributed by atoms with Gasteiger partial charge in [-0.05, 0) is 68.3 Å². The Morgan fingerprint density at radius 2 is 1.70 bits per heavy atom. The van der Waals surface area contributed by atoms with Gasteiger partial charge in [0.15, 0.2) is 11.6 Å². The Balaban J connectivity index is 1.69. The van der Waals surface area contributed by atoms with Crippen molar-refractivity contribution >= 4 is 22.2 Å². The average molecular weight is 564 g/mol. The van der Waals surface area contributed by atoms with Gasteiger partial charge in [-0.15, -0.1) is 0 Å². The van der Waals surface area contributed by atoms with Crippen LogP contribution in [-0.4, -0.2) is 19.9 Å². The van der Waals surface area contributed by atoms with Crippen molar-refractivity contribution in [2.45, 2.75) is 20.3 Å². The number of nitrogens with one attached hydrogen (secondary N) is 1. The largest absolute Gasteiger partial charge is 0.760 e. The van der Waals surface area contributed by atoms with Gasteiger partial charge < -0.3 is 18.3 Å². The van der Waals surface area contributed by atoms with E-state index in [1.54, 1.807) is 37.5 Å². The molecule has 0 aliphatic rings. The number of hydrogen-bond acceptors (Lipinski definition) is 5. The van der Waals surface area contributed by atoms with Crippen molar-refractivity contribution in [1.82, 2.24) is 9.29 Å². The number of nitrogens with zero attached hydrogens (tertiary/aromatic N) is 1. The molecular weight excluding hydrogens is 538 g/mol. The predicted molar refractivity (Wildman–Crippen MR) is 149 cm³/mol. The van der Waals surface area contributed by atoms with Gasteiger partial charge in [-0.3, -0.25) is 9.00 Å². The zero-order chi connectivity index (χ0) is 28.6. The second-order valence-electron chi connectivity index (χ2n) is 9.58. The lowest BCUT2D eigenvalue weighted by molar-refractivity contribution is 0.439. The molecule has 40 heavy (non-hydrogen) atoms. The summed E-state index contributed by atoms with van der Waals surface area (Å²) in [5.41, 5.74) is 4.70. The van der Waals surface area contributed by atoms with Crippen LogP contribution in [-0.2, 0) is 24.7 Å². The first-order chi connectivity index (χ1) is 19.1. The zero-order valence-electron chi connectivity index (χ0n) is 21.9. The van der Waals surface area contributed by atoms with E-state index < -0.39 is 22.9 Å². The van der Waals surface area contributed by atoms with Crippen LogP contribution in [0.3, 0.4) is 0 Å². The van der Waals surface area contributed by atoms with Crippen LogP contribution in [0.2, 0.25) is 0 Å². The van der Waals surface area contributed by atoms with Crippen molar-refractivity contribution in [3.8, 4) is 33.9 Å². The van der Waals surface area contributed by atoms with E-state index in [0.29, 0.717) is 34.3 Å². The molecule has 0 amide bonds. The first kappa shape index (κ1) is 27.4. The van der Waals surface area contributed by atoms with Gasteiger partial charge in [-0.1, -0.05) is 23.3 Å². The Morgan fingerprint density at radius 1 is 0.975 bits per heavy atom. The molecule has 0 saturated carbocycles. The van der Waals surface area contributed by atoms with Gasteiger partial charge in [0.05, 0.1) is 5.39 Å². The molecule has 0 aliphatic carbocycles. The van der Waals surface area contributed by atoms with Crippen LogP contribution in [0.15, 0.2) is 76.1 Å². The number of rotatable bonds is 8. The topological polar surface area (TPSA) is 96.5 Å². The molecule has 2 heterocycles. The molecule has 10 heteroatoms. The fourth-order valence-corrected chi connectivity index (χ4v) is 4.96. The Hall–Kier alpha value is -4.12. The molecule has 2 aromatic heterocycles. The van der Waals surface area contributed by atoms with Gasteiger partial charge >= 0.3 is 0 Å². The minimum Gasteiger partial charge on any atom is -0.760 e. The summed E-state index contributed by atoms with van der Waals surface area (Å²) >= 11 is -2.41. The van der Waals surface area contributed by atoms with Gasteiger partial charge in [0, 0.05) is 53.8 Å². The van der Waals surface area contributed by atoms with Gasteiger partial charge in [0.25, 0.3) is 5.56 Å². The van der Waals surface area contributed by atoms with Crippen LogP contribution < -0.4 is 15.0 Å². The van der Waals surface area contributed by atoms with Crippen molar-refractivity contribution in [3.05, 3.63) is 106 Å². The van der Waals surface area contributed by atoms with E-state index in [0.717, 1.165) is 34.4 Å². The second kappa shape index (κ2) is 11.2. The van der Waals surface area contributed by atoms with E-state index in [-0.39, 0.29) is 23.6 Å². The molecule has 5 aromatic rings. The maximum absolute atomic E-state index is 14.5. The molecule has 0 saturated heterocycles. The van der Waals surface area contributed by atoms with Crippen molar-refractivity contribution < 1.29 is 26.7 Å². The fourth-order valence-electron chi connectivity index (χ4n) is 4.69. The molecule has 206 valence electrons. The monoisotopic (exact) mass is 563 g/mol. The maximum Gasteiger partial charge on any atom is 0.261 e. The molecule has 5 rings (SSSR count). The standard InChI is InChI=1S/C30H26F2N2O5S/c1-17-10-18(2)12-20(11-17)28-15-23-29(39-28)24(16-34(3)30(23)35)22-13-19(8-9-33-40(36)37)4-6-26(22)38-27-7-5-21(31)14-25(27)32/h4-7,10-16,33H,8-9H2,1-3H3,(H,36,37)/p-1. The van der Waals surface area contributed by atoms with Crippen LogP contribution in [0.5, 0.6) is 11.5 Å². The summed E-state index contributed by atoms with van der Waals surface area (Å²) in [4.78, 5) is 13.1. The van der Waals surface area contributed by atoms with Crippen LogP contribution in [0.1, 0.15) is 16.7 Å². The number of aromatic nitrogens is 1. The molecule has 0 fully saturated rings. The number of ether oxygens (including phenoxy) is 1. The number of benzene rings is 3. The number of fused-ring (bicyclic) bond motifs is 1. The highest BCUT2D eigenvalue weighted by Crippen LogP contribution is 2.40. The third kappa shape index (κ3) is 5.74. The number of halogens is 2. The highest BCUT2D eigenvalue weighted by molar-refractivity contribution is 7.77. The zero-order valence-corrected chi connectivity index (χ0v) is 22.7. The summed E-state index contributed by atoms with van der Waals surface area (Å²) in [6.45, 7) is 4.11. The summed E-state index contributed by atoms with van der Waals surface area (Å²) in [6, 6.07) is 15.8. The normalized spacial score (nSPS) is 12.2. The van der Waals surface area contributed by atoms with Crippen LogP contribution >= 0.6 is 0 Å². The summed E-state index contributed by atoms with van der Waals surface area (Å²) < 4.78 is 65.9. The predicted octanol–water partition coefficient (Wildman–Crippen LogP) is 6.08. The highest BCUT2D eigenvalue weighted by Gasteiger charge is 2.20. The number of pyridine rings is 1. The number of aryl methyl sites for hydroxylation is 3. The quantitative estimate of drug-likeness (QED) is 0.231. The van der Waals surface area contributed by atoms with E-state index in [1.807, 2.05) is 32.0 Å². The van der Waals surface area contributed by atoms with E-state index >= 15 is 0 Å². The molecule has 0 aliphatic heterocycles. The SMILES string of the molecule is Cc1cc(C)cc(-c2cc3c(=O)n(C)cc(-c4cc(CCNS(=O)[O-])ccc4Oc4ccc(F)cc4F)c3o2)c1. The van der Waals surface area contributed by atoms with E-state index in [2.05, 4.69) is 4.72 Å². The molecule has 1 atom stereocenters. The lowest BCUT2D eigenvalue weighted by Gasteiger charge is -2.15. The lowest BCUT2D eigenvalue weighted by atomic mass is 10.0. The van der Waals surface area contributed by atoms with E-state index in [9.17, 15) is 22.3 Å². The molecule has 1 unspecified atom stereocenters. The summed E-state index contributed by atoms with van der Waals surface area (Å²) in [7, 11) is 1.62. The van der Waals surface area contributed by atoms with Gasteiger partial charge in [-0.2, -0.15) is 0 Å². The Labute approximate surface area is 231 Å². The van der Waals surface area contributed by atoms with Gasteiger partial charge in [0.1, 0.15) is 22.9 Å².